The molecule has 7 heteroatoms. The normalized spacial score (nSPS) is 12.7. The molecular formula is C12H22ClN5O. The summed E-state index contributed by atoms with van der Waals surface area (Å²) < 4.78 is 1.79. The standard InChI is InChI=1S/C12H22ClN5O/c1-5-9-12(13)10(17(4)15-9)6-18(8(2)3)7-11(14)16-19/h8,19H,5-7H2,1-4H3,(H2,14,16). The maximum absolute atomic E-state index is 8.68. The fraction of sp³-hybridized carbons (Fsp3) is 0.667. The molecule has 0 radical (unpaired) electrons. The van der Waals surface area contributed by atoms with Crippen molar-refractivity contribution in [3.63, 3.8) is 0 Å². The van der Waals surface area contributed by atoms with Crippen LogP contribution >= 0.6 is 11.6 Å². The summed E-state index contributed by atoms with van der Waals surface area (Å²) in [5.74, 6) is 0.183. The van der Waals surface area contributed by atoms with E-state index in [4.69, 9.17) is 22.5 Å². The van der Waals surface area contributed by atoms with Crippen molar-refractivity contribution in [1.29, 1.82) is 0 Å². The van der Waals surface area contributed by atoms with Crippen LogP contribution in [0.4, 0.5) is 0 Å². The van der Waals surface area contributed by atoms with Crippen molar-refractivity contribution in [2.45, 2.75) is 39.8 Å². The van der Waals surface area contributed by atoms with Crippen LogP contribution in [0.1, 0.15) is 32.2 Å². The van der Waals surface area contributed by atoms with Gasteiger partial charge in [0.25, 0.3) is 0 Å². The molecular weight excluding hydrogens is 266 g/mol. The summed E-state index contributed by atoms with van der Waals surface area (Å²) in [6, 6.07) is 0.247. The summed E-state index contributed by atoms with van der Waals surface area (Å²) in [6.45, 7) is 7.12. The van der Waals surface area contributed by atoms with Crippen molar-refractivity contribution in [2.75, 3.05) is 6.54 Å². The summed E-state index contributed by atoms with van der Waals surface area (Å²) in [7, 11) is 1.88. The van der Waals surface area contributed by atoms with Gasteiger partial charge in [-0.15, -0.1) is 0 Å². The number of nitrogens with two attached hydrogens (primary N) is 1. The molecule has 0 aliphatic rings. The van der Waals surface area contributed by atoms with E-state index in [1.807, 2.05) is 14.0 Å². The van der Waals surface area contributed by atoms with Crippen molar-refractivity contribution < 1.29 is 5.21 Å². The van der Waals surface area contributed by atoms with Gasteiger partial charge in [0.15, 0.2) is 5.84 Å². The quantitative estimate of drug-likeness (QED) is 0.360. The van der Waals surface area contributed by atoms with Crippen LogP contribution in [0.5, 0.6) is 0 Å². The van der Waals surface area contributed by atoms with Crippen molar-refractivity contribution in [3.8, 4) is 0 Å². The molecule has 0 saturated heterocycles. The zero-order valence-corrected chi connectivity index (χ0v) is 12.6. The third-order valence-electron chi connectivity index (χ3n) is 3.08. The zero-order chi connectivity index (χ0) is 14.6. The molecule has 19 heavy (non-hydrogen) atoms. The highest BCUT2D eigenvalue weighted by molar-refractivity contribution is 6.31. The predicted octanol–water partition coefficient (Wildman–Crippen LogP) is 1.59. The summed E-state index contributed by atoms with van der Waals surface area (Å²) in [6.07, 6.45) is 0.800. The Kier molecular flexibility index (Phi) is 5.62. The summed E-state index contributed by atoms with van der Waals surface area (Å²) in [5.41, 5.74) is 7.41. The monoisotopic (exact) mass is 287 g/mol. The van der Waals surface area contributed by atoms with Gasteiger partial charge in [-0.1, -0.05) is 23.7 Å². The molecule has 0 atom stereocenters. The van der Waals surface area contributed by atoms with Crippen molar-refractivity contribution >= 4 is 17.4 Å². The number of hydrogen-bond acceptors (Lipinski definition) is 4. The minimum atomic E-state index is 0.183. The Labute approximate surface area is 118 Å². The van der Waals surface area contributed by atoms with Gasteiger partial charge in [-0.25, -0.2) is 0 Å². The highest BCUT2D eigenvalue weighted by Gasteiger charge is 2.19. The average molecular weight is 288 g/mol. The topological polar surface area (TPSA) is 79.7 Å². The second-order valence-corrected chi connectivity index (χ2v) is 5.15. The minimum absolute atomic E-state index is 0.183. The van der Waals surface area contributed by atoms with Crippen LogP contribution < -0.4 is 5.73 Å². The third-order valence-corrected chi connectivity index (χ3v) is 3.52. The average Bonchev–Trinajstić information content (AvgIpc) is 2.64. The molecule has 0 aliphatic heterocycles. The predicted molar refractivity (Wildman–Crippen MR) is 76.6 cm³/mol. The Hall–Kier alpha value is -1.27. The molecule has 1 aromatic rings. The van der Waals surface area contributed by atoms with Gasteiger partial charge in [-0.3, -0.25) is 9.58 Å². The van der Waals surface area contributed by atoms with Gasteiger partial charge in [-0.2, -0.15) is 5.10 Å². The smallest absolute Gasteiger partial charge is 0.153 e. The fourth-order valence-electron chi connectivity index (χ4n) is 1.84. The van der Waals surface area contributed by atoms with Crippen LogP contribution in [0.15, 0.2) is 5.16 Å². The Morgan fingerprint density at radius 3 is 2.63 bits per heavy atom. The van der Waals surface area contributed by atoms with Gasteiger partial charge >= 0.3 is 0 Å². The van der Waals surface area contributed by atoms with Crippen LogP contribution in [0.25, 0.3) is 0 Å². The second-order valence-electron chi connectivity index (χ2n) is 4.77. The molecule has 108 valence electrons. The number of halogens is 1. The molecule has 0 saturated carbocycles. The van der Waals surface area contributed by atoms with Gasteiger partial charge in [0.05, 0.1) is 23.0 Å². The number of rotatable bonds is 6. The molecule has 6 nitrogen and oxygen atoms in total. The molecule has 0 aliphatic carbocycles. The van der Waals surface area contributed by atoms with E-state index in [0.717, 1.165) is 17.8 Å². The second kappa shape index (κ2) is 6.77. The molecule has 1 aromatic heterocycles. The molecule has 0 unspecified atom stereocenters. The van der Waals surface area contributed by atoms with Crippen LogP contribution in [0, 0.1) is 0 Å². The Balaban J connectivity index is 2.94. The van der Waals surface area contributed by atoms with Crippen LogP contribution in [0.2, 0.25) is 5.02 Å². The van der Waals surface area contributed by atoms with E-state index in [9.17, 15) is 0 Å². The van der Waals surface area contributed by atoms with Gasteiger partial charge in [0.1, 0.15) is 0 Å². The zero-order valence-electron chi connectivity index (χ0n) is 11.9. The first kappa shape index (κ1) is 15.8. The van der Waals surface area contributed by atoms with E-state index in [1.165, 1.54) is 0 Å². The summed E-state index contributed by atoms with van der Waals surface area (Å²) in [4.78, 5) is 2.07. The first-order valence-electron chi connectivity index (χ1n) is 6.31. The Bertz CT molecular complexity index is 455. The van der Waals surface area contributed by atoms with Gasteiger partial charge < -0.3 is 10.9 Å². The molecule has 0 fully saturated rings. The SMILES string of the molecule is CCc1nn(C)c(CN(CC(N)=NO)C(C)C)c1Cl. The number of aryl methyl sites for hydroxylation is 2. The van der Waals surface area contributed by atoms with E-state index >= 15 is 0 Å². The van der Waals surface area contributed by atoms with Gasteiger partial charge in [0.2, 0.25) is 0 Å². The van der Waals surface area contributed by atoms with Crippen LogP contribution in [-0.4, -0.2) is 38.3 Å². The number of hydrogen-bond donors (Lipinski definition) is 2. The van der Waals surface area contributed by atoms with E-state index in [-0.39, 0.29) is 11.9 Å². The molecule has 0 bridgehead atoms. The number of amidine groups is 1. The lowest BCUT2D eigenvalue weighted by Gasteiger charge is -2.25. The van der Waals surface area contributed by atoms with Crippen molar-refractivity contribution in [2.24, 2.45) is 17.9 Å². The van der Waals surface area contributed by atoms with Crippen LogP contribution in [0.3, 0.4) is 0 Å². The number of aromatic nitrogens is 2. The fourth-order valence-corrected chi connectivity index (χ4v) is 2.20. The first-order valence-corrected chi connectivity index (χ1v) is 6.69. The maximum Gasteiger partial charge on any atom is 0.153 e. The molecule has 0 amide bonds. The van der Waals surface area contributed by atoms with E-state index in [1.54, 1.807) is 4.68 Å². The lowest BCUT2D eigenvalue weighted by atomic mass is 10.2. The molecule has 1 heterocycles. The molecule has 1 rings (SSSR count). The number of nitrogens with zero attached hydrogens (tertiary/aromatic N) is 4. The lowest BCUT2D eigenvalue weighted by Crippen LogP contribution is -2.38. The van der Waals surface area contributed by atoms with Crippen molar-refractivity contribution in [3.05, 3.63) is 16.4 Å². The minimum Gasteiger partial charge on any atom is -0.409 e. The van der Waals surface area contributed by atoms with Gasteiger partial charge in [0, 0.05) is 19.6 Å². The van der Waals surface area contributed by atoms with E-state index < -0.39 is 0 Å². The van der Waals surface area contributed by atoms with Crippen LogP contribution in [-0.2, 0) is 20.0 Å². The maximum atomic E-state index is 8.68. The summed E-state index contributed by atoms with van der Waals surface area (Å²) >= 11 is 6.33. The molecule has 0 spiro atoms. The first-order chi connectivity index (χ1) is 8.90. The third kappa shape index (κ3) is 3.84. The lowest BCUT2D eigenvalue weighted by molar-refractivity contribution is 0.233. The highest BCUT2D eigenvalue weighted by atomic mass is 35.5. The largest absolute Gasteiger partial charge is 0.409 e. The van der Waals surface area contributed by atoms with E-state index in [2.05, 4.69) is 29.0 Å². The Morgan fingerprint density at radius 2 is 2.21 bits per heavy atom. The van der Waals surface area contributed by atoms with E-state index in [0.29, 0.717) is 18.1 Å². The van der Waals surface area contributed by atoms with Crippen molar-refractivity contribution in [1.82, 2.24) is 14.7 Å². The summed E-state index contributed by atoms with van der Waals surface area (Å²) in [5, 5.41) is 16.8. The molecule has 0 aromatic carbocycles. The number of oxime groups is 1. The highest BCUT2D eigenvalue weighted by Crippen LogP contribution is 2.22. The Morgan fingerprint density at radius 1 is 1.58 bits per heavy atom. The van der Waals surface area contributed by atoms with Gasteiger partial charge in [-0.05, 0) is 20.3 Å². The molecule has 3 N–H and O–H groups in total.